The number of thioether (sulfide) groups is 1. The highest BCUT2D eigenvalue weighted by atomic mass is 32.2. The summed E-state index contributed by atoms with van der Waals surface area (Å²) >= 11 is 1.45. The van der Waals surface area contributed by atoms with E-state index in [2.05, 4.69) is 5.32 Å². The number of nitrogens with one attached hydrogen (secondary N) is 1. The van der Waals surface area contributed by atoms with Crippen molar-refractivity contribution < 1.29 is 9.90 Å². The molecule has 1 aliphatic rings. The summed E-state index contributed by atoms with van der Waals surface area (Å²) in [5.41, 5.74) is -0.253. The molecule has 1 heterocycles. The van der Waals surface area contributed by atoms with E-state index >= 15 is 0 Å². The Morgan fingerprint density at radius 1 is 1.80 bits per heavy atom. The lowest BCUT2D eigenvalue weighted by atomic mass is 10.0. The molecule has 4 heteroatoms. The summed E-state index contributed by atoms with van der Waals surface area (Å²) in [4.78, 5) is 10.6. The Kier molecular flexibility index (Phi) is 1.92. The third kappa shape index (κ3) is 1.27. The Balaban J connectivity index is 2.68. The first-order chi connectivity index (χ1) is 4.54. The van der Waals surface area contributed by atoms with E-state index in [0.29, 0.717) is 0 Å². The fourth-order valence-corrected chi connectivity index (χ4v) is 2.26. The van der Waals surface area contributed by atoms with E-state index in [0.717, 1.165) is 5.88 Å². The van der Waals surface area contributed by atoms with E-state index in [9.17, 15) is 4.79 Å². The van der Waals surface area contributed by atoms with Crippen LogP contribution < -0.4 is 5.32 Å². The molecule has 0 radical (unpaired) electrons. The van der Waals surface area contributed by atoms with Gasteiger partial charge in [-0.25, -0.2) is 0 Å². The van der Waals surface area contributed by atoms with Gasteiger partial charge in [0.1, 0.15) is 5.25 Å². The Bertz CT molecular complexity index is 158. The lowest BCUT2D eigenvalue weighted by molar-refractivity contribution is -0.137. The molecule has 1 atom stereocenters. The van der Waals surface area contributed by atoms with Crippen LogP contribution >= 0.6 is 11.8 Å². The van der Waals surface area contributed by atoms with Crippen LogP contribution in [-0.4, -0.2) is 27.7 Å². The minimum absolute atomic E-state index is 0.253. The molecule has 1 unspecified atom stereocenters. The Hall–Kier alpha value is -0.220. The molecule has 0 aromatic heterocycles. The maximum absolute atomic E-state index is 10.6. The molecular weight excluding hydrogens is 150 g/mol. The molecule has 0 aromatic carbocycles. The molecule has 0 bridgehead atoms. The summed E-state index contributed by atoms with van der Waals surface area (Å²) in [5, 5.41) is 11.5. The number of hydrogen-bond acceptors (Lipinski definition) is 3. The maximum Gasteiger partial charge on any atom is 0.318 e. The van der Waals surface area contributed by atoms with Gasteiger partial charge in [-0.15, -0.1) is 11.8 Å². The molecule has 1 rings (SSSR count). The van der Waals surface area contributed by atoms with Crippen molar-refractivity contribution in [3.63, 3.8) is 0 Å². The zero-order valence-corrected chi connectivity index (χ0v) is 6.86. The van der Waals surface area contributed by atoms with Crippen molar-refractivity contribution in [2.24, 2.45) is 0 Å². The van der Waals surface area contributed by atoms with Crippen LogP contribution in [0.3, 0.4) is 0 Å². The quantitative estimate of drug-likeness (QED) is 0.588. The normalized spacial score (nSPS) is 30.4. The Labute approximate surface area is 64.2 Å². The van der Waals surface area contributed by atoms with Crippen LogP contribution in [-0.2, 0) is 4.79 Å². The second-order valence-corrected chi connectivity index (χ2v) is 4.02. The topological polar surface area (TPSA) is 49.3 Å². The number of rotatable bonds is 1. The van der Waals surface area contributed by atoms with Gasteiger partial charge in [0.05, 0.1) is 0 Å². The molecule has 1 fully saturated rings. The van der Waals surface area contributed by atoms with Gasteiger partial charge in [-0.05, 0) is 13.8 Å². The fourth-order valence-electron chi connectivity index (χ4n) is 0.992. The number of carboxylic acids is 1. The molecular formula is C6H11NO2S. The van der Waals surface area contributed by atoms with Gasteiger partial charge >= 0.3 is 5.97 Å². The van der Waals surface area contributed by atoms with E-state index in [1.807, 2.05) is 13.8 Å². The smallest absolute Gasteiger partial charge is 0.318 e. The number of carbonyl (C=O) groups is 1. The monoisotopic (exact) mass is 161 g/mol. The summed E-state index contributed by atoms with van der Waals surface area (Å²) in [7, 11) is 0. The number of carboxylic acid groups (broad SMARTS) is 1. The molecule has 2 N–H and O–H groups in total. The highest BCUT2D eigenvalue weighted by Gasteiger charge is 2.39. The van der Waals surface area contributed by atoms with Crippen molar-refractivity contribution in [3.8, 4) is 0 Å². The van der Waals surface area contributed by atoms with Crippen molar-refractivity contribution in [3.05, 3.63) is 0 Å². The van der Waals surface area contributed by atoms with Crippen LogP contribution in [0, 0.1) is 0 Å². The van der Waals surface area contributed by atoms with Crippen LogP contribution in [0.5, 0.6) is 0 Å². The van der Waals surface area contributed by atoms with Crippen LogP contribution in [0.25, 0.3) is 0 Å². The molecule has 0 spiro atoms. The number of hydrogen-bond donors (Lipinski definition) is 2. The summed E-state index contributed by atoms with van der Waals surface area (Å²) in [6, 6.07) is 0. The lowest BCUT2D eigenvalue weighted by Crippen LogP contribution is -2.44. The molecule has 1 aliphatic heterocycles. The van der Waals surface area contributed by atoms with Crippen LogP contribution in [0.1, 0.15) is 13.8 Å². The minimum atomic E-state index is -0.722. The number of aliphatic carboxylic acids is 1. The molecule has 0 aromatic rings. The average molecular weight is 161 g/mol. The van der Waals surface area contributed by atoms with Gasteiger partial charge < -0.3 is 10.4 Å². The lowest BCUT2D eigenvalue weighted by Gasteiger charge is -2.21. The molecule has 0 aliphatic carbocycles. The second kappa shape index (κ2) is 2.43. The van der Waals surface area contributed by atoms with Gasteiger partial charge in [0.15, 0.2) is 0 Å². The highest BCUT2D eigenvalue weighted by molar-refractivity contribution is 8.00. The van der Waals surface area contributed by atoms with Crippen LogP contribution in [0.4, 0.5) is 0 Å². The van der Waals surface area contributed by atoms with Crippen molar-refractivity contribution in [1.82, 2.24) is 5.32 Å². The molecule has 1 saturated heterocycles. The highest BCUT2D eigenvalue weighted by Crippen LogP contribution is 2.29. The first kappa shape index (κ1) is 7.88. The summed E-state index contributed by atoms with van der Waals surface area (Å²) in [6.07, 6.45) is 0. The van der Waals surface area contributed by atoms with E-state index < -0.39 is 5.97 Å². The molecule has 10 heavy (non-hydrogen) atoms. The van der Waals surface area contributed by atoms with Gasteiger partial charge in [-0.3, -0.25) is 4.79 Å². The van der Waals surface area contributed by atoms with Gasteiger partial charge in [-0.2, -0.15) is 0 Å². The molecule has 0 saturated carbocycles. The van der Waals surface area contributed by atoms with Gasteiger partial charge in [0.2, 0.25) is 0 Å². The zero-order chi connectivity index (χ0) is 7.78. The summed E-state index contributed by atoms with van der Waals surface area (Å²) in [5.74, 6) is 0.0178. The SMILES string of the molecule is CC1(C)NCSC1C(=O)O. The first-order valence-electron chi connectivity index (χ1n) is 3.13. The first-order valence-corrected chi connectivity index (χ1v) is 4.18. The Morgan fingerprint density at radius 2 is 2.40 bits per heavy atom. The predicted octanol–water partition coefficient (Wildman–Crippen LogP) is 0.512. The molecule has 0 amide bonds. The molecule has 3 nitrogen and oxygen atoms in total. The van der Waals surface area contributed by atoms with Gasteiger partial charge in [0.25, 0.3) is 0 Å². The second-order valence-electron chi connectivity index (χ2n) is 2.93. The van der Waals surface area contributed by atoms with E-state index in [4.69, 9.17) is 5.11 Å². The molecule has 58 valence electrons. The largest absolute Gasteiger partial charge is 0.480 e. The fraction of sp³-hybridized carbons (Fsp3) is 0.833. The van der Waals surface area contributed by atoms with Crippen molar-refractivity contribution in [2.75, 3.05) is 5.88 Å². The summed E-state index contributed by atoms with van der Waals surface area (Å²) in [6.45, 7) is 3.82. The van der Waals surface area contributed by atoms with E-state index in [-0.39, 0.29) is 10.8 Å². The third-order valence-electron chi connectivity index (χ3n) is 1.66. The zero-order valence-electron chi connectivity index (χ0n) is 6.05. The third-order valence-corrected chi connectivity index (χ3v) is 3.09. The van der Waals surface area contributed by atoms with Crippen molar-refractivity contribution >= 4 is 17.7 Å². The predicted molar refractivity (Wildman–Crippen MR) is 41.1 cm³/mol. The standard InChI is InChI=1S/C6H11NO2S/c1-6(2)4(5(8)9)10-3-7-6/h4,7H,3H2,1-2H3,(H,8,9). The van der Waals surface area contributed by atoms with Gasteiger partial charge in [-0.1, -0.05) is 0 Å². The Morgan fingerprint density at radius 3 is 2.60 bits per heavy atom. The average Bonchev–Trinajstić information content (AvgIpc) is 2.08. The minimum Gasteiger partial charge on any atom is -0.480 e. The van der Waals surface area contributed by atoms with Crippen LogP contribution in [0.2, 0.25) is 0 Å². The maximum atomic E-state index is 10.6. The van der Waals surface area contributed by atoms with E-state index in [1.54, 1.807) is 0 Å². The van der Waals surface area contributed by atoms with Crippen molar-refractivity contribution in [1.29, 1.82) is 0 Å². The van der Waals surface area contributed by atoms with Gasteiger partial charge in [0, 0.05) is 11.4 Å². The summed E-state index contributed by atoms with van der Waals surface area (Å²) < 4.78 is 0. The van der Waals surface area contributed by atoms with Crippen LogP contribution in [0.15, 0.2) is 0 Å². The van der Waals surface area contributed by atoms with E-state index in [1.165, 1.54) is 11.8 Å². The van der Waals surface area contributed by atoms with Crippen molar-refractivity contribution in [2.45, 2.75) is 24.6 Å².